The van der Waals surface area contributed by atoms with Gasteiger partial charge >= 0.3 is 5.97 Å². The highest BCUT2D eigenvalue weighted by Crippen LogP contribution is 2.33. The van der Waals surface area contributed by atoms with E-state index in [1.54, 1.807) is 38.1 Å². The van der Waals surface area contributed by atoms with Gasteiger partial charge in [0, 0.05) is 37.5 Å². The maximum absolute atomic E-state index is 13.8. The smallest absolute Gasteiger partial charge is 0.338 e. The Balaban J connectivity index is 1.61. The summed E-state index contributed by atoms with van der Waals surface area (Å²) < 4.78 is 13.1. The van der Waals surface area contributed by atoms with E-state index in [1.807, 2.05) is 43.3 Å². The van der Waals surface area contributed by atoms with E-state index in [2.05, 4.69) is 4.99 Å². The number of hydrogen-bond donors (Lipinski definition) is 0. The summed E-state index contributed by atoms with van der Waals surface area (Å²) in [6.07, 6.45) is 1.59. The number of nitro groups is 1. The van der Waals surface area contributed by atoms with Gasteiger partial charge in [0.05, 0.1) is 33.4 Å². The SMILES string of the molecule is CCOC(=O)C1=C(C)N=c2s/c(=C\c3ccc(-c4ccc(Cl)c([N+](=O)[O-])c4)o3)c(=O)n2C1c1ccc(N(C)C)cc1. The van der Waals surface area contributed by atoms with Gasteiger partial charge in [0.25, 0.3) is 11.2 Å². The number of thiazole rings is 1. The third kappa shape index (κ3) is 5.33. The van der Waals surface area contributed by atoms with Crippen LogP contribution in [0.1, 0.15) is 31.2 Å². The van der Waals surface area contributed by atoms with Crippen molar-refractivity contribution in [2.45, 2.75) is 19.9 Å². The monoisotopic (exact) mass is 592 g/mol. The maximum atomic E-state index is 13.8. The number of anilines is 1. The summed E-state index contributed by atoms with van der Waals surface area (Å²) >= 11 is 7.11. The molecule has 2 aromatic carbocycles. The minimum absolute atomic E-state index is 0.0232. The van der Waals surface area contributed by atoms with Gasteiger partial charge in [-0.2, -0.15) is 0 Å². The number of ether oxygens (including phenoxy) is 1. The van der Waals surface area contributed by atoms with E-state index in [-0.39, 0.29) is 22.9 Å². The first-order valence-corrected chi connectivity index (χ1v) is 13.8. The van der Waals surface area contributed by atoms with Crippen LogP contribution in [-0.2, 0) is 9.53 Å². The number of nitro benzene ring substituents is 1. The molecule has 12 heteroatoms. The lowest BCUT2D eigenvalue weighted by atomic mass is 9.95. The van der Waals surface area contributed by atoms with E-state index in [0.717, 1.165) is 11.3 Å². The van der Waals surface area contributed by atoms with Crippen LogP contribution in [0, 0.1) is 10.1 Å². The normalized spacial score (nSPS) is 15.0. The first-order chi connectivity index (χ1) is 19.6. The Morgan fingerprint density at radius 3 is 2.61 bits per heavy atom. The van der Waals surface area contributed by atoms with Gasteiger partial charge in [0.1, 0.15) is 16.5 Å². The number of carbonyl (C=O) groups is 1. The Kier molecular flexibility index (Phi) is 7.65. The van der Waals surface area contributed by atoms with Gasteiger partial charge in [-0.3, -0.25) is 19.5 Å². The number of carbonyl (C=O) groups excluding carboxylic acids is 1. The third-order valence-corrected chi connectivity index (χ3v) is 7.87. The summed E-state index contributed by atoms with van der Waals surface area (Å²) in [6, 6.07) is 14.6. The van der Waals surface area contributed by atoms with Crippen LogP contribution in [0.5, 0.6) is 0 Å². The molecule has 210 valence electrons. The minimum Gasteiger partial charge on any atom is -0.463 e. The van der Waals surface area contributed by atoms with Crippen molar-refractivity contribution in [1.29, 1.82) is 0 Å². The lowest BCUT2D eigenvalue weighted by Gasteiger charge is -2.25. The van der Waals surface area contributed by atoms with Crippen molar-refractivity contribution < 1.29 is 18.9 Å². The second kappa shape index (κ2) is 11.2. The molecule has 0 bridgehead atoms. The number of halogens is 1. The summed E-state index contributed by atoms with van der Waals surface area (Å²) in [5, 5.41) is 11.3. The van der Waals surface area contributed by atoms with Crippen molar-refractivity contribution in [2.75, 3.05) is 25.6 Å². The second-order valence-electron chi connectivity index (χ2n) is 9.41. The number of fused-ring (bicyclic) bond motifs is 1. The number of furan rings is 1. The molecule has 0 fully saturated rings. The zero-order valence-corrected chi connectivity index (χ0v) is 24.2. The van der Waals surface area contributed by atoms with Crippen molar-refractivity contribution in [3.63, 3.8) is 0 Å². The van der Waals surface area contributed by atoms with Crippen molar-refractivity contribution >= 4 is 46.4 Å². The fourth-order valence-corrected chi connectivity index (χ4v) is 5.80. The Hall–Kier alpha value is -4.48. The molecular formula is C29H25ClN4O6S. The molecule has 0 aliphatic carbocycles. The number of esters is 1. The molecular weight excluding hydrogens is 568 g/mol. The number of hydrogen-bond acceptors (Lipinski definition) is 9. The predicted molar refractivity (Wildman–Crippen MR) is 157 cm³/mol. The fourth-order valence-electron chi connectivity index (χ4n) is 4.58. The van der Waals surface area contributed by atoms with Crippen LogP contribution >= 0.6 is 22.9 Å². The lowest BCUT2D eigenvalue weighted by molar-refractivity contribution is -0.384. The number of rotatable bonds is 7. The van der Waals surface area contributed by atoms with Gasteiger partial charge in [0.15, 0.2) is 4.80 Å². The van der Waals surface area contributed by atoms with Gasteiger partial charge in [-0.25, -0.2) is 9.79 Å². The van der Waals surface area contributed by atoms with E-state index in [1.165, 1.54) is 28.0 Å². The summed E-state index contributed by atoms with van der Waals surface area (Å²) in [4.78, 5) is 44.6. The molecule has 10 nitrogen and oxygen atoms in total. The zero-order valence-electron chi connectivity index (χ0n) is 22.6. The maximum Gasteiger partial charge on any atom is 0.338 e. The summed E-state index contributed by atoms with van der Waals surface area (Å²) in [7, 11) is 3.86. The van der Waals surface area contributed by atoms with Gasteiger partial charge in [-0.1, -0.05) is 35.1 Å². The first kappa shape index (κ1) is 28.1. The molecule has 0 spiro atoms. The molecule has 0 amide bonds. The molecule has 1 aliphatic heterocycles. The molecule has 1 atom stereocenters. The van der Waals surface area contributed by atoms with Crippen molar-refractivity contribution in [1.82, 2.24) is 4.57 Å². The Bertz CT molecular complexity index is 1880. The molecule has 0 saturated carbocycles. The van der Waals surface area contributed by atoms with Gasteiger partial charge in [-0.05, 0) is 55.8 Å². The zero-order chi connectivity index (χ0) is 29.4. The topological polar surface area (TPSA) is 120 Å². The van der Waals surface area contributed by atoms with Crippen molar-refractivity contribution in [3.05, 3.63) is 112 Å². The van der Waals surface area contributed by atoms with E-state index >= 15 is 0 Å². The van der Waals surface area contributed by atoms with Crippen LogP contribution < -0.4 is 19.8 Å². The molecule has 0 radical (unpaired) electrons. The summed E-state index contributed by atoms with van der Waals surface area (Å²) in [5.41, 5.74) is 2.38. The van der Waals surface area contributed by atoms with Gasteiger partial charge < -0.3 is 14.1 Å². The average molecular weight is 593 g/mol. The van der Waals surface area contributed by atoms with Gasteiger partial charge in [0.2, 0.25) is 0 Å². The quantitative estimate of drug-likeness (QED) is 0.173. The van der Waals surface area contributed by atoms with Gasteiger partial charge in [-0.15, -0.1) is 0 Å². The highest BCUT2D eigenvalue weighted by Gasteiger charge is 2.33. The van der Waals surface area contributed by atoms with Crippen LogP contribution in [0.15, 0.2) is 80.1 Å². The molecule has 1 unspecified atom stereocenters. The van der Waals surface area contributed by atoms with Crippen LogP contribution in [0.2, 0.25) is 5.02 Å². The Morgan fingerprint density at radius 2 is 1.95 bits per heavy atom. The number of aromatic nitrogens is 1. The standard InChI is InChI=1S/C29H25ClN4O6S/c1-5-39-28(36)25-16(2)31-29-33(26(25)17-6-9-19(10-7-17)32(3)4)27(35)24(41-29)15-20-11-13-23(40-20)18-8-12-21(30)22(14-18)34(37)38/h6-15,26H,5H2,1-4H3/b24-15-. The van der Waals surface area contributed by atoms with Crippen LogP contribution in [0.25, 0.3) is 17.4 Å². The largest absolute Gasteiger partial charge is 0.463 e. The fraction of sp³-hybridized carbons (Fsp3) is 0.207. The van der Waals surface area contributed by atoms with Crippen LogP contribution in [0.3, 0.4) is 0 Å². The molecule has 5 rings (SSSR count). The second-order valence-corrected chi connectivity index (χ2v) is 10.8. The highest BCUT2D eigenvalue weighted by molar-refractivity contribution is 7.07. The van der Waals surface area contributed by atoms with E-state index < -0.39 is 16.9 Å². The predicted octanol–water partition coefficient (Wildman–Crippen LogP) is 4.69. The van der Waals surface area contributed by atoms with E-state index in [4.69, 9.17) is 20.8 Å². The van der Waals surface area contributed by atoms with E-state index in [9.17, 15) is 19.7 Å². The molecule has 3 heterocycles. The number of allylic oxidation sites excluding steroid dienone is 1. The third-order valence-electron chi connectivity index (χ3n) is 6.57. The molecule has 1 aliphatic rings. The Labute approximate surface area is 243 Å². The highest BCUT2D eigenvalue weighted by atomic mass is 35.5. The van der Waals surface area contributed by atoms with Crippen molar-refractivity contribution in [3.8, 4) is 11.3 Å². The molecule has 0 saturated heterocycles. The van der Waals surface area contributed by atoms with Crippen molar-refractivity contribution in [2.24, 2.45) is 4.99 Å². The minimum atomic E-state index is -0.731. The molecule has 2 aromatic heterocycles. The molecule has 41 heavy (non-hydrogen) atoms. The van der Waals surface area contributed by atoms with Crippen LogP contribution in [-0.4, -0.2) is 36.2 Å². The number of nitrogens with zero attached hydrogens (tertiary/aromatic N) is 4. The molecule has 4 aromatic rings. The summed E-state index contributed by atoms with van der Waals surface area (Å²) in [6.45, 7) is 3.64. The number of benzene rings is 2. The average Bonchev–Trinajstić information content (AvgIpc) is 3.52. The Morgan fingerprint density at radius 1 is 1.22 bits per heavy atom. The van der Waals surface area contributed by atoms with E-state index in [0.29, 0.717) is 37.7 Å². The lowest BCUT2D eigenvalue weighted by Crippen LogP contribution is -2.39. The summed E-state index contributed by atoms with van der Waals surface area (Å²) in [5.74, 6) is 0.219. The van der Waals surface area contributed by atoms with Crippen LogP contribution in [0.4, 0.5) is 11.4 Å². The first-order valence-electron chi connectivity index (χ1n) is 12.6. The molecule has 0 N–H and O–H groups in total.